The third-order valence-electron chi connectivity index (χ3n) is 4.76. The smallest absolute Gasteiger partial charge is 0.312 e. The van der Waals surface area contributed by atoms with Gasteiger partial charge in [-0.3, -0.25) is 9.69 Å². The van der Waals surface area contributed by atoms with Gasteiger partial charge in [-0.1, -0.05) is 42.5 Å². The Hall–Kier alpha value is -2.92. The van der Waals surface area contributed by atoms with Crippen molar-refractivity contribution in [2.45, 2.75) is 23.2 Å². The summed E-state index contributed by atoms with van der Waals surface area (Å²) in [5.41, 5.74) is -3.44. The number of halogens is 3. The quantitative estimate of drug-likeness (QED) is 0.723. The number of hydrogen-bond acceptors (Lipinski definition) is 4. The van der Waals surface area contributed by atoms with Crippen LogP contribution in [0.15, 0.2) is 59.5 Å². The molecule has 7 nitrogen and oxygen atoms in total. The lowest BCUT2D eigenvalue weighted by Crippen LogP contribution is -2.55. The Kier molecular flexibility index (Phi) is 5.37. The standard InChI is InChI=1S/C19H18F3N3O4S/c1-24(2)30(28,29)15-10-6-7-13(11-15)12-25-16(26)18(19(20,21)22,23-17(25)27)14-8-4-3-5-9-14/h3-11H,12H2,1-2H3,(H,23,27). The van der Waals surface area contributed by atoms with Crippen LogP contribution in [0.2, 0.25) is 0 Å². The molecule has 0 radical (unpaired) electrons. The average Bonchev–Trinajstić information content (AvgIpc) is 2.94. The summed E-state index contributed by atoms with van der Waals surface area (Å²) in [5, 5.41) is 1.79. The van der Waals surface area contributed by atoms with Crippen LogP contribution < -0.4 is 5.32 Å². The summed E-state index contributed by atoms with van der Waals surface area (Å²) < 4.78 is 67.5. The molecule has 0 saturated carbocycles. The van der Waals surface area contributed by atoms with E-state index in [0.717, 1.165) is 16.4 Å². The lowest BCUT2D eigenvalue weighted by atomic mass is 9.89. The predicted molar refractivity (Wildman–Crippen MR) is 101 cm³/mol. The number of rotatable bonds is 5. The van der Waals surface area contributed by atoms with Crippen molar-refractivity contribution in [2.75, 3.05) is 14.1 Å². The number of urea groups is 1. The van der Waals surface area contributed by atoms with Crippen molar-refractivity contribution in [2.24, 2.45) is 0 Å². The molecule has 0 spiro atoms. The number of carbonyl (C=O) groups excluding carboxylic acids is 2. The van der Waals surface area contributed by atoms with Crippen molar-refractivity contribution in [1.82, 2.24) is 14.5 Å². The molecular weight excluding hydrogens is 423 g/mol. The van der Waals surface area contributed by atoms with Crippen molar-refractivity contribution in [1.29, 1.82) is 0 Å². The van der Waals surface area contributed by atoms with Gasteiger partial charge >= 0.3 is 12.2 Å². The number of amides is 3. The number of alkyl halides is 3. The number of imide groups is 1. The van der Waals surface area contributed by atoms with Crippen molar-refractivity contribution < 1.29 is 31.2 Å². The van der Waals surface area contributed by atoms with Gasteiger partial charge in [-0.05, 0) is 23.3 Å². The van der Waals surface area contributed by atoms with E-state index < -0.39 is 45.8 Å². The highest BCUT2D eigenvalue weighted by atomic mass is 32.2. The lowest BCUT2D eigenvalue weighted by Gasteiger charge is -2.29. The number of hydrogen-bond donors (Lipinski definition) is 1. The van der Waals surface area contributed by atoms with Gasteiger partial charge in [0.1, 0.15) is 0 Å². The van der Waals surface area contributed by atoms with E-state index in [9.17, 15) is 31.2 Å². The van der Waals surface area contributed by atoms with Crippen molar-refractivity contribution in [3.8, 4) is 0 Å². The van der Waals surface area contributed by atoms with Gasteiger partial charge in [0.2, 0.25) is 15.6 Å². The number of benzene rings is 2. The fraction of sp³-hybridized carbons (Fsp3) is 0.263. The van der Waals surface area contributed by atoms with Crippen molar-refractivity contribution in [3.05, 3.63) is 65.7 Å². The average molecular weight is 441 g/mol. The van der Waals surface area contributed by atoms with E-state index >= 15 is 0 Å². The SMILES string of the molecule is CN(C)S(=O)(=O)c1cccc(CN2C(=O)NC(c3ccccc3)(C(F)(F)F)C2=O)c1. The zero-order chi connectivity index (χ0) is 22.3. The Bertz CT molecular complexity index is 1090. The van der Waals surface area contributed by atoms with E-state index in [1.165, 1.54) is 56.6 Å². The molecule has 0 aromatic heterocycles. The second-order valence-corrected chi connectivity index (χ2v) is 9.02. The number of carbonyl (C=O) groups is 2. The van der Waals surface area contributed by atoms with Gasteiger partial charge in [-0.15, -0.1) is 0 Å². The van der Waals surface area contributed by atoms with Crippen LogP contribution in [-0.2, 0) is 26.9 Å². The van der Waals surface area contributed by atoms with Gasteiger partial charge in [0.15, 0.2) is 0 Å². The summed E-state index contributed by atoms with van der Waals surface area (Å²) in [6.45, 7) is -0.522. The second kappa shape index (κ2) is 7.40. The van der Waals surface area contributed by atoms with Crippen LogP contribution >= 0.6 is 0 Å². The van der Waals surface area contributed by atoms with Crippen molar-refractivity contribution in [3.63, 3.8) is 0 Å². The molecule has 3 rings (SSSR count). The van der Waals surface area contributed by atoms with Crippen LogP contribution in [-0.4, -0.2) is 49.8 Å². The van der Waals surface area contributed by atoms with Gasteiger partial charge in [0.25, 0.3) is 5.91 Å². The molecule has 1 atom stereocenters. The molecule has 2 aromatic rings. The molecule has 1 unspecified atom stereocenters. The first kappa shape index (κ1) is 21.8. The number of sulfonamides is 1. The maximum atomic E-state index is 14.0. The maximum absolute atomic E-state index is 14.0. The first-order valence-corrected chi connectivity index (χ1v) is 10.1. The monoisotopic (exact) mass is 441 g/mol. The molecular formula is C19H18F3N3O4S. The highest BCUT2D eigenvalue weighted by Gasteiger charge is 2.68. The normalized spacial score (nSPS) is 20.0. The molecule has 160 valence electrons. The molecule has 11 heteroatoms. The molecule has 1 N–H and O–H groups in total. The summed E-state index contributed by atoms with van der Waals surface area (Å²) in [6.07, 6.45) is -5.09. The molecule has 1 aliphatic rings. The Morgan fingerprint density at radius 3 is 2.23 bits per heavy atom. The predicted octanol–water partition coefficient (Wildman–Crippen LogP) is 2.45. The fourth-order valence-corrected chi connectivity index (χ4v) is 4.13. The van der Waals surface area contributed by atoms with E-state index in [1.807, 2.05) is 0 Å². The molecule has 2 aromatic carbocycles. The molecule has 0 bridgehead atoms. The summed E-state index contributed by atoms with van der Waals surface area (Å²) >= 11 is 0. The molecule has 3 amide bonds. The van der Waals surface area contributed by atoms with E-state index in [-0.39, 0.29) is 10.5 Å². The zero-order valence-electron chi connectivity index (χ0n) is 16.0. The first-order valence-electron chi connectivity index (χ1n) is 8.69. The van der Waals surface area contributed by atoms with Crippen molar-refractivity contribution >= 4 is 22.0 Å². The molecule has 1 heterocycles. The van der Waals surface area contributed by atoms with E-state index in [0.29, 0.717) is 4.90 Å². The topological polar surface area (TPSA) is 86.8 Å². The highest BCUT2D eigenvalue weighted by Crippen LogP contribution is 2.43. The van der Waals surface area contributed by atoms with Gasteiger partial charge in [-0.25, -0.2) is 17.5 Å². The highest BCUT2D eigenvalue weighted by molar-refractivity contribution is 7.89. The summed E-state index contributed by atoms with van der Waals surface area (Å²) in [5.74, 6) is -1.48. The molecule has 30 heavy (non-hydrogen) atoms. The minimum atomic E-state index is -5.09. The molecule has 1 fully saturated rings. The number of nitrogens with one attached hydrogen (secondary N) is 1. The maximum Gasteiger partial charge on any atom is 0.425 e. The Labute approximate surface area is 171 Å². The second-order valence-electron chi connectivity index (χ2n) is 6.87. The van der Waals surface area contributed by atoms with Crippen LogP contribution in [0.3, 0.4) is 0 Å². The van der Waals surface area contributed by atoms with Crippen LogP contribution in [0.5, 0.6) is 0 Å². The molecule has 0 aliphatic carbocycles. The lowest BCUT2D eigenvalue weighted by molar-refractivity contribution is -0.198. The van der Waals surface area contributed by atoms with E-state index in [4.69, 9.17) is 0 Å². The van der Waals surface area contributed by atoms with Crippen LogP contribution in [0, 0.1) is 0 Å². The van der Waals surface area contributed by atoms with Crippen LogP contribution in [0.4, 0.5) is 18.0 Å². The first-order chi connectivity index (χ1) is 13.9. The van der Waals surface area contributed by atoms with Crippen LogP contribution in [0.25, 0.3) is 0 Å². The van der Waals surface area contributed by atoms with Gasteiger partial charge in [-0.2, -0.15) is 13.2 Å². The van der Waals surface area contributed by atoms with Gasteiger partial charge < -0.3 is 5.32 Å². The van der Waals surface area contributed by atoms with Gasteiger partial charge in [0, 0.05) is 14.1 Å². The van der Waals surface area contributed by atoms with Crippen LogP contribution in [0.1, 0.15) is 11.1 Å². The third-order valence-corrected chi connectivity index (χ3v) is 6.57. The Morgan fingerprint density at radius 1 is 1.03 bits per heavy atom. The molecule has 1 saturated heterocycles. The summed E-state index contributed by atoms with van der Waals surface area (Å²) in [7, 11) is -1.14. The Morgan fingerprint density at radius 2 is 1.67 bits per heavy atom. The minimum Gasteiger partial charge on any atom is -0.312 e. The largest absolute Gasteiger partial charge is 0.425 e. The number of nitrogens with zero attached hydrogens (tertiary/aromatic N) is 2. The van der Waals surface area contributed by atoms with E-state index in [2.05, 4.69) is 0 Å². The third kappa shape index (κ3) is 3.43. The fourth-order valence-electron chi connectivity index (χ4n) is 3.16. The zero-order valence-corrected chi connectivity index (χ0v) is 16.8. The van der Waals surface area contributed by atoms with Gasteiger partial charge in [0.05, 0.1) is 11.4 Å². The minimum absolute atomic E-state index is 0.109. The Balaban J connectivity index is 2.00. The molecule has 1 aliphatic heterocycles. The van der Waals surface area contributed by atoms with E-state index in [1.54, 1.807) is 5.32 Å². The summed E-state index contributed by atoms with van der Waals surface area (Å²) in [4.78, 5) is 25.6. The summed E-state index contributed by atoms with van der Waals surface area (Å²) in [6, 6.07) is 10.5.